The van der Waals surface area contributed by atoms with Crippen LogP contribution in [0.4, 0.5) is 19.0 Å². The van der Waals surface area contributed by atoms with E-state index in [1.807, 2.05) is 13.8 Å². The molecule has 0 radical (unpaired) electrons. The molecule has 2 aromatic rings. The zero-order valence-electron chi connectivity index (χ0n) is 18.8. The number of nitrogens with one attached hydrogen (secondary N) is 2. The van der Waals surface area contributed by atoms with Gasteiger partial charge in [0.1, 0.15) is 5.82 Å². The third-order valence-electron chi connectivity index (χ3n) is 6.03. The fourth-order valence-corrected chi connectivity index (χ4v) is 4.92. The number of ketones is 1. The normalized spacial score (nSPS) is 20.1. The van der Waals surface area contributed by atoms with Gasteiger partial charge < -0.3 is 10.6 Å². The Balaban J connectivity index is 1.88. The second kappa shape index (κ2) is 8.69. The Hall–Kier alpha value is -2.94. The summed E-state index contributed by atoms with van der Waals surface area (Å²) in [4.78, 5) is 30.9. The molecule has 1 atom stereocenters. The lowest BCUT2D eigenvalue weighted by Crippen LogP contribution is -2.39. The van der Waals surface area contributed by atoms with E-state index in [4.69, 9.17) is 0 Å². The number of aromatic nitrogens is 1. The number of benzene rings is 1. The molecule has 2 heterocycles. The summed E-state index contributed by atoms with van der Waals surface area (Å²) in [5.74, 6) is -1.80. The SMILES string of the molecule is CC1=C(C(=O)Nc2ccc(Br)cn2)[C@H](c2ccccc2C(F)(F)F)C2=C(CC(C)(C)CC2=O)N1. The minimum absolute atomic E-state index is 0.0632. The van der Waals surface area contributed by atoms with Gasteiger partial charge in [0.2, 0.25) is 0 Å². The number of nitrogens with zero attached hydrogens (tertiary/aromatic N) is 1. The number of hydrogen-bond acceptors (Lipinski definition) is 4. The highest BCUT2D eigenvalue weighted by Gasteiger charge is 2.45. The average molecular weight is 534 g/mol. The van der Waals surface area contributed by atoms with Gasteiger partial charge in [0.05, 0.1) is 5.56 Å². The first-order valence-corrected chi connectivity index (χ1v) is 11.5. The molecular formula is C25H23BrF3N3O2. The predicted molar refractivity (Wildman–Crippen MR) is 126 cm³/mol. The van der Waals surface area contributed by atoms with E-state index in [1.54, 1.807) is 19.1 Å². The number of allylic oxidation sites excluding steroid dienone is 3. The summed E-state index contributed by atoms with van der Waals surface area (Å²) in [5.41, 5.74) is -0.0847. The monoisotopic (exact) mass is 533 g/mol. The van der Waals surface area contributed by atoms with Crippen LogP contribution in [0.5, 0.6) is 0 Å². The predicted octanol–water partition coefficient (Wildman–Crippen LogP) is 6.11. The second-order valence-electron chi connectivity index (χ2n) is 9.33. The summed E-state index contributed by atoms with van der Waals surface area (Å²) in [7, 11) is 0. The molecule has 2 aliphatic rings. The molecule has 9 heteroatoms. The Kier molecular flexibility index (Phi) is 6.18. The maximum absolute atomic E-state index is 14.0. The van der Waals surface area contributed by atoms with Crippen molar-refractivity contribution in [2.75, 3.05) is 5.32 Å². The molecule has 2 N–H and O–H groups in total. The molecule has 1 aliphatic carbocycles. The van der Waals surface area contributed by atoms with Crippen LogP contribution < -0.4 is 10.6 Å². The number of alkyl halides is 3. The maximum atomic E-state index is 14.0. The molecule has 0 spiro atoms. The van der Waals surface area contributed by atoms with Gasteiger partial charge in [-0.15, -0.1) is 0 Å². The fourth-order valence-electron chi connectivity index (χ4n) is 4.69. The van der Waals surface area contributed by atoms with Crippen LogP contribution in [-0.2, 0) is 15.8 Å². The van der Waals surface area contributed by atoms with Gasteiger partial charge in [-0.25, -0.2) is 4.98 Å². The minimum Gasteiger partial charge on any atom is -0.362 e. The summed E-state index contributed by atoms with van der Waals surface area (Å²) in [5, 5.41) is 5.83. The molecule has 1 aliphatic heterocycles. The van der Waals surface area contributed by atoms with Gasteiger partial charge in [-0.1, -0.05) is 32.0 Å². The second-order valence-corrected chi connectivity index (χ2v) is 10.2. The summed E-state index contributed by atoms with van der Waals surface area (Å²) in [6, 6.07) is 8.38. The molecule has 0 saturated carbocycles. The van der Waals surface area contributed by atoms with E-state index in [-0.39, 0.29) is 40.1 Å². The summed E-state index contributed by atoms with van der Waals surface area (Å²) in [6.45, 7) is 5.52. The summed E-state index contributed by atoms with van der Waals surface area (Å²) < 4.78 is 42.7. The quantitative estimate of drug-likeness (QED) is 0.499. The smallest absolute Gasteiger partial charge is 0.362 e. The first-order chi connectivity index (χ1) is 15.9. The lowest BCUT2D eigenvalue weighted by Gasteiger charge is -2.40. The number of pyridine rings is 1. The van der Waals surface area contributed by atoms with Gasteiger partial charge in [-0.2, -0.15) is 13.2 Å². The number of amides is 1. The van der Waals surface area contributed by atoms with Crippen molar-refractivity contribution in [2.45, 2.75) is 45.7 Å². The standard InChI is InChI=1S/C25H23BrF3N3O2/c1-13-20(23(34)32-19-9-8-14(26)12-30-19)21(15-6-4-5-7-16(15)25(27,28)29)22-17(31-13)10-24(2,3)11-18(22)33/h4-9,12,21,31H,10-11H2,1-3H3,(H,30,32,34)/t21-/m0/s1. The van der Waals surface area contributed by atoms with Crippen LogP contribution >= 0.6 is 15.9 Å². The van der Waals surface area contributed by atoms with Crippen LogP contribution in [0.25, 0.3) is 0 Å². The van der Waals surface area contributed by atoms with Crippen molar-refractivity contribution in [2.24, 2.45) is 5.41 Å². The van der Waals surface area contributed by atoms with E-state index in [1.165, 1.54) is 24.4 Å². The minimum atomic E-state index is -4.65. The highest BCUT2D eigenvalue weighted by Crippen LogP contribution is 2.49. The van der Waals surface area contributed by atoms with E-state index < -0.39 is 23.6 Å². The van der Waals surface area contributed by atoms with E-state index in [9.17, 15) is 22.8 Å². The topological polar surface area (TPSA) is 71.1 Å². The van der Waals surface area contributed by atoms with Gasteiger partial charge in [0.25, 0.3) is 5.91 Å². The molecule has 0 saturated heterocycles. The lowest BCUT2D eigenvalue weighted by molar-refractivity contribution is -0.138. The molecular weight excluding hydrogens is 511 g/mol. The number of carbonyl (C=O) groups excluding carboxylic acids is 2. The van der Waals surface area contributed by atoms with Crippen molar-refractivity contribution in [3.8, 4) is 0 Å². The zero-order chi connectivity index (χ0) is 24.8. The highest BCUT2D eigenvalue weighted by molar-refractivity contribution is 9.10. The van der Waals surface area contributed by atoms with E-state index in [0.717, 1.165) is 6.07 Å². The molecule has 1 aromatic carbocycles. The van der Waals surface area contributed by atoms with Crippen LogP contribution in [0.2, 0.25) is 0 Å². The van der Waals surface area contributed by atoms with Crippen molar-refractivity contribution in [1.82, 2.24) is 10.3 Å². The van der Waals surface area contributed by atoms with Crippen molar-refractivity contribution in [3.63, 3.8) is 0 Å². The lowest BCUT2D eigenvalue weighted by atomic mass is 9.68. The van der Waals surface area contributed by atoms with Crippen LogP contribution in [0.3, 0.4) is 0 Å². The number of halogens is 4. The van der Waals surface area contributed by atoms with E-state index in [0.29, 0.717) is 22.3 Å². The van der Waals surface area contributed by atoms with Gasteiger partial charge in [0, 0.05) is 45.5 Å². The van der Waals surface area contributed by atoms with Crippen LogP contribution in [0, 0.1) is 5.41 Å². The zero-order valence-corrected chi connectivity index (χ0v) is 20.4. The van der Waals surface area contributed by atoms with Gasteiger partial charge in [0.15, 0.2) is 5.78 Å². The molecule has 1 aromatic heterocycles. The average Bonchev–Trinajstić information content (AvgIpc) is 2.72. The molecule has 0 bridgehead atoms. The third kappa shape index (κ3) is 4.66. The number of anilines is 1. The number of rotatable bonds is 3. The molecule has 4 rings (SSSR count). The molecule has 178 valence electrons. The molecule has 5 nitrogen and oxygen atoms in total. The van der Waals surface area contributed by atoms with Crippen LogP contribution in [0.15, 0.2) is 69.6 Å². The summed E-state index contributed by atoms with van der Waals surface area (Å²) >= 11 is 3.27. The Labute approximate surface area is 203 Å². The van der Waals surface area contributed by atoms with Gasteiger partial charge in [-0.3, -0.25) is 9.59 Å². The summed E-state index contributed by atoms with van der Waals surface area (Å²) in [6.07, 6.45) is -2.48. The maximum Gasteiger partial charge on any atom is 0.416 e. The molecule has 1 amide bonds. The Morgan fingerprint density at radius 1 is 1.18 bits per heavy atom. The van der Waals surface area contributed by atoms with Crippen molar-refractivity contribution < 1.29 is 22.8 Å². The first kappa shape index (κ1) is 24.2. The largest absolute Gasteiger partial charge is 0.416 e. The molecule has 34 heavy (non-hydrogen) atoms. The third-order valence-corrected chi connectivity index (χ3v) is 6.50. The van der Waals surface area contributed by atoms with Crippen molar-refractivity contribution in [1.29, 1.82) is 0 Å². The first-order valence-electron chi connectivity index (χ1n) is 10.7. The Morgan fingerprint density at radius 2 is 1.88 bits per heavy atom. The fraction of sp³-hybridized carbons (Fsp3) is 0.320. The highest BCUT2D eigenvalue weighted by atomic mass is 79.9. The van der Waals surface area contributed by atoms with Crippen LogP contribution in [0.1, 0.15) is 50.7 Å². The van der Waals surface area contributed by atoms with Gasteiger partial charge in [-0.05, 0) is 58.5 Å². The number of hydrogen-bond donors (Lipinski definition) is 2. The number of dihydropyridines is 1. The van der Waals surface area contributed by atoms with Crippen molar-refractivity contribution in [3.05, 3.63) is 80.7 Å². The van der Waals surface area contributed by atoms with Gasteiger partial charge >= 0.3 is 6.18 Å². The molecule has 0 fully saturated rings. The van der Waals surface area contributed by atoms with Crippen molar-refractivity contribution >= 4 is 33.4 Å². The Bertz CT molecular complexity index is 1230. The molecule has 0 unspecified atom stereocenters. The number of Topliss-reactive ketones (excluding diaryl/α,β-unsaturated/α-hetero) is 1. The van der Waals surface area contributed by atoms with E-state index in [2.05, 4.69) is 31.5 Å². The van der Waals surface area contributed by atoms with Crippen LogP contribution in [-0.4, -0.2) is 16.7 Å². The Morgan fingerprint density at radius 3 is 2.53 bits per heavy atom. The van der Waals surface area contributed by atoms with E-state index >= 15 is 0 Å². The number of carbonyl (C=O) groups is 2.